The van der Waals surface area contributed by atoms with Crippen molar-refractivity contribution < 1.29 is 25.2 Å². The maximum atomic E-state index is 9.87. The first-order chi connectivity index (χ1) is 10.4. The Morgan fingerprint density at radius 2 is 0.870 bits per heavy atom. The molecule has 0 atom stereocenters. The Morgan fingerprint density at radius 3 is 1.04 bits per heavy atom. The van der Waals surface area contributed by atoms with Crippen LogP contribution in [0.5, 0.6) is 0 Å². The predicted molar refractivity (Wildman–Crippen MR) is 83.2 cm³/mol. The van der Waals surface area contributed by atoms with Crippen molar-refractivity contribution >= 4 is 32.0 Å². The van der Waals surface area contributed by atoms with E-state index in [0.29, 0.717) is 0 Å². The Labute approximate surface area is 128 Å². The molecule has 0 aliphatic heterocycles. The smallest absolute Gasteiger partial charge is 0.172 e. The van der Waals surface area contributed by atoms with E-state index in [1.165, 1.54) is 16.3 Å². The number of halogens is 6. The SMILES string of the molecule is F[P-](F)(F)(F)(F)F.c1c[nH]c([PH+](c2ccc[nH]2)c2ccc[nH]2)c1. The van der Waals surface area contributed by atoms with Crippen LogP contribution in [0, 0.1) is 0 Å². The Kier molecular flexibility index (Phi) is 4.16. The number of aromatic amines is 3. The fourth-order valence-corrected chi connectivity index (χ4v) is 4.23. The van der Waals surface area contributed by atoms with E-state index in [1.807, 2.05) is 36.8 Å². The topological polar surface area (TPSA) is 47.4 Å². The second-order valence-corrected chi connectivity index (χ2v) is 8.87. The van der Waals surface area contributed by atoms with Gasteiger partial charge < -0.3 is 15.0 Å². The van der Waals surface area contributed by atoms with Crippen LogP contribution in [-0.4, -0.2) is 15.0 Å². The molecular formula is C12H13F6N3P2. The average molecular weight is 375 g/mol. The Morgan fingerprint density at radius 1 is 0.609 bits per heavy atom. The van der Waals surface area contributed by atoms with E-state index in [4.69, 9.17) is 0 Å². The molecule has 3 heterocycles. The summed E-state index contributed by atoms with van der Waals surface area (Å²) in [6.07, 6.45) is 5.93. The molecule has 0 unspecified atom stereocenters. The predicted octanol–water partition coefficient (Wildman–Crippen LogP) is 4.54. The summed E-state index contributed by atoms with van der Waals surface area (Å²) in [5.41, 5.74) is 3.86. The van der Waals surface area contributed by atoms with Crippen LogP contribution in [0.25, 0.3) is 0 Å². The second-order valence-electron chi connectivity index (χ2n) is 4.58. The quantitative estimate of drug-likeness (QED) is 0.445. The zero-order chi connectivity index (χ0) is 17.2. The van der Waals surface area contributed by atoms with Crippen molar-refractivity contribution in [2.45, 2.75) is 0 Å². The summed E-state index contributed by atoms with van der Waals surface area (Å²) in [5, 5.41) is 0. The van der Waals surface area contributed by atoms with Gasteiger partial charge in [-0.05, 0) is 18.2 Å². The Hall–Kier alpha value is -1.72. The standard InChI is InChI=1S/C12H12N3P.F6P/c1-4-10(13-7-1)16(11-5-2-8-14-11)12-6-3-9-15-12;1-7(2,3,4,5)6/h1-9,13-15H;/q;-1/p+1. The third-order valence-electron chi connectivity index (χ3n) is 2.60. The third kappa shape index (κ3) is 6.93. The summed E-state index contributed by atoms with van der Waals surface area (Å²) >= 11 is 0. The molecule has 0 aliphatic rings. The molecular weight excluding hydrogens is 362 g/mol. The summed E-state index contributed by atoms with van der Waals surface area (Å²) in [4.78, 5) is 9.96. The van der Waals surface area contributed by atoms with E-state index in [-0.39, 0.29) is 0 Å². The monoisotopic (exact) mass is 375 g/mol. The van der Waals surface area contributed by atoms with Crippen molar-refractivity contribution in [1.29, 1.82) is 0 Å². The molecule has 0 spiro atoms. The molecule has 0 amide bonds. The molecule has 0 aromatic carbocycles. The molecule has 128 valence electrons. The van der Waals surface area contributed by atoms with Gasteiger partial charge in [0.25, 0.3) is 0 Å². The van der Waals surface area contributed by atoms with Crippen molar-refractivity contribution in [1.82, 2.24) is 15.0 Å². The molecule has 3 nitrogen and oxygen atoms in total. The molecule has 3 aromatic rings. The van der Waals surface area contributed by atoms with Crippen molar-refractivity contribution in [3.05, 3.63) is 55.0 Å². The van der Waals surface area contributed by atoms with E-state index in [1.54, 1.807) is 0 Å². The molecule has 23 heavy (non-hydrogen) atoms. The maximum Gasteiger partial charge on any atom is 0.172 e. The number of hydrogen-bond donors (Lipinski definition) is 3. The van der Waals surface area contributed by atoms with Crippen molar-refractivity contribution in [3.63, 3.8) is 0 Å². The van der Waals surface area contributed by atoms with Gasteiger partial charge in [-0.1, -0.05) is 0 Å². The Balaban J connectivity index is 0.000000236. The van der Waals surface area contributed by atoms with E-state index < -0.39 is 15.7 Å². The van der Waals surface area contributed by atoms with Gasteiger partial charge in [-0.25, -0.2) is 0 Å². The number of nitrogens with one attached hydrogen (secondary N) is 3. The van der Waals surface area contributed by atoms with Gasteiger partial charge in [0, 0.05) is 36.8 Å². The Bertz CT molecular complexity index is 625. The van der Waals surface area contributed by atoms with Crippen LogP contribution in [0.4, 0.5) is 25.2 Å². The van der Waals surface area contributed by atoms with Gasteiger partial charge in [0.05, 0.1) is 0 Å². The van der Waals surface area contributed by atoms with Crippen LogP contribution in [0.3, 0.4) is 0 Å². The summed E-state index contributed by atoms with van der Waals surface area (Å²) in [7, 11) is -11.6. The molecule has 0 fully saturated rings. The number of H-pyrrole nitrogens is 3. The van der Waals surface area contributed by atoms with Gasteiger partial charge in [-0.15, -0.1) is 0 Å². The molecule has 0 saturated carbocycles. The van der Waals surface area contributed by atoms with Crippen LogP contribution in [0.15, 0.2) is 55.0 Å². The first-order valence-electron chi connectivity index (χ1n) is 6.25. The fourth-order valence-electron chi connectivity index (χ4n) is 1.89. The first kappa shape index (κ1) is 17.6. The molecule has 3 rings (SSSR count). The van der Waals surface area contributed by atoms with Crippen molar-refractivity contribution in [2.75, 3.05) is 0 Å². The van der Waals surface area contributed by atoms with Gasteiger partial charge in [0.1, 0.15) is 0 Å². The van der Waals surface area contributed by atoms with Crippen molar-refractivity contribution in [3.8, 4) is 0 Å². The van der Waals surface area contributed by atoms with E-state index >= 15 is 0 Å². The van der Waals surface area contributed by atoms with Gasteiger partial charge in [-0.3, -0.25) is 0 Å². The van der Waals surface area contributed by atoms with Crippen LogP contribution in [0.1, 0.15) is 0 Å². The summed E-state index contributed by atoms with van der Waals surface area (Å²) in [5.74, 6) is 0. The van der Waals surface area contributed by atoms with E-state index in [0.717, 1.165) is 0 Å². The molecule has 0 bridgehead atoms. The van der Waals surface area contributed by atoms with Gasteiger partial charge in [0.2, 0.25) is 0 Å². The number of rotatable bonds is 3. The zero-order valence-electron chi connectivity index (χ0n) is 11.4. The molecule has 0 aliphatic carbocycles. The summed E-state index contributed by atoms with van der Waals surface area (Å²) < 4.78 is 59.2. The number of aromatic nitrogens is 3. The number of hydrogen-bond acceptors (Lipinski definition) is 0. The largest absolute Gasteiger partial charge is 0.333 e. The zero-order valence-corrected chi connectivity index (χ0v) is 13.3. The van der Waals surface area contributed by atoms with Crippen LogP contribution in [0.2, 0.25) is 0 Å². The second kappa shape index (κ2) is 5.42. The minimum absolute atomic E-state index is 0.915. The van der Waals surface area contributed by atoms with Crippen LogP contribution >= 0.6 is 15.7 Å². The van der Waals surface area contributed by atoms with Gasteiger partial charge in [-0.2, -0.15) is 0 Å². The summed E-state index contributed by atoms with van der Waals surface area (Å²) in [6, 6.07) is 12.6. The molecule has 3 aromatic heterocycles. The summed E-state index contributed by atoms with van der Waals surface area (Å²) in [6.45, 7) is 0. The molecule has 3 N–H and O–H groups in total. The van der Waals surface area contributed by atoms with E-state index in [9.17, 15) is 25.2 Å². The van der Waals surface area contributed by atoms with Crippen LogP contribution < -0.4 is 16.3 Å². The molecule has 0 radical (unpaired) electrons. The third-order valence-corrected chi connectivity index (χ3v) is 5.15. The maximum absolute atomic E-state index is 10.7. The van der Waals surface area contributed by atoms with E-state index in [2.05, 4.69) is 33.2 Å². The minimum Gasteiger partial charge on any atom is -0.333 e. The minimum atomic E-state index is -10.7. The first-order valence-corrected chi connectivity index (χ1v) is 9.77. The van der Waals surface area contributed by atoms with Crippen molar-refractivity contribution in [2.24, 2.45) is 0 Å². The molecule has 0 saturated heterocycles. The fraction of sp³-hybridized carbons (Fsp3) is 0. The molecule has 11 heteroatoms. The van der Waals surface area contributed by atoms with Gasteiger partial charge in [0.15, 0.2) is 24.2 Å². The van der Waals surface area contributed by atoms with Gasteiger partial charge >= 0.3 is 33.0 Å². The average Bonchev–Trinajstić information content (AvgIpc) is 3.09. The van der Waals surface area contributed by atoms with Crippen LogP contribution in [-0.2, 0) is 0 Å². The normalized spacial score (nSPS) is 14.7.